The summed E-state index contributed by atoms with van der Waals surface area (Å²) in [6.45, 7) is 0. The van der Waals surface area contributed by atoms with Crippen LogP contribution in [0.2, 0.25) is 0 Å². The predicted octanol–water partition coefficient (Wildman–Crippen LogP) is 4.37. The van der Waals surface area contributed by atoms with Crippen molar-refractivity contribution in [1.82, 2.24) is 0 Å². The molecule has 0 saturated heterocycles. The second-order valence-electron chi connectivity index (χ2n) is 4.14. The van der Waals surface area contributed by atoms with Crippen LogP contribution in [0.3, 0.4) is 0 Å². The molecule has 2 aromatic carbocycles. The second kappa shape index (κ2) is 6.42. The Morgan fingerprint density at radius 1 is 0.944 bits per heavy atom. The maximum atomic E-state index is 8.42. The van der Waals surface area contributed by atoms with E-state index in [0.29, 0.717) is 0 Å². The summed E-state index contributed by atoms with van der Waals surface area (Å²) < 4.78 is 0. The van der Waals surface area contributed by atoms with Crippen LogP contribution >= 0.6 is 0 Å². The van der Waals surface area contributed by atoms with E-state index in [1.165, 1.54) is 16.7 Å². The van der Waals surface area contributed by atoms with E-state index in [2.05, 4.69) is 48.5 Å². The highest BCUT2D eigenvalue weighted by Crippen LogP contribution is 2.20. The van der Waals surface area contributed by atoms with Crippen LogP contribution in [0.1, 0.15) is 12.0 Å². The number of rotatable bonds is 4. The zero-order chi connectivity index (χ0) is 12.6. The Hall–Kier alpha value is -2.33. The predicted molar refractivity (Wildman–Crippen MR) is 75.0 cm³/mol. The lowest BCUT2D eigenvalue weighted by molar-refractivity contribution is 1.00. The van der Waals surface area contributed by atoms with Gasteiger partial charge in [-0.3, -0.25) is 0 Å². The maximum Gasteiger partial charge on any atom is 0.0908 e. The largest absolute Gasteiger partial charge is 0.193 e. The van der Waals surface area contributed by atoms with Crippen LogP contribution in [0.5, 0.6) is 0 Å². The summed E-state index contributed by atoms with van der Waals surface area (Å²) in [6.07, 6.45) is 5.33. The van der Waals surface area contributed by atoms with Gasteiger partial charge in [-0.1, -0.05) is 60.7 Å². The first-order chi connectivity index (χ1) is 8.90. The smallest absolute Gasteiger partial charge is 0.0908 e. The average Bonchev–Trinajstić information content (AvgIpc) is 2.45. The van der Waals surface area contributed by atoms with Crippen molar-refractivity contribution in [3.05, 3.63) is 72.3 Å². The van der Waals surface area contributed by atoms with Gasteiger partial charge in [-0.2, -0.15) is 5.26 Å². The number of nitriles is 1. The van der Waals surface area contributed by atoms with Crippen molar-refractivity contribution in [3.63, 3.8) is 0 Å². The Bertz CT molecular complexity index is 562. The number of aryl methyl sites for hydroxylation is 1. The van der Waals surface area contributed by atoms with Crippen LogP contribution < -0.4 is 0 Å². The van der Waals surface area contributed by atoms with Gasteiger partial charge in [0.2, 0.25) is 0 Å². The molecule has 0 amide bonds. The molecule has 88 valence electrons. The fourth-order valence-corrected chi connectivity index (χ4v) is 1.92. The van der Waals surface area contributed by atoms with Crippen molar-refractivity contribution in [1.29, 1.82) is 5.26 Å². The highest BCUT2D eigenvalue weighted by atomic mass is 14.2. The molecule has 0 saturated carbocycles. The van der Waals surface area contributed by atoms with Gasteiger partial charge in [0.15, 0.2) is 0 Å². The summed E-state index contributed by atoms with van der Waals surface area (Å²) in [5, 5.41) is 8.42. The molecule has 0 unspecified atom stereocenters. The molecule has 2 rings (SSSR count). The van der Waals surface area contributed by atoms with E-state index >= 15 is 0 Å². The molecule has 0 aliphatic rings. The van der Waals surface area contributed by atoms with Crippen molar-refractivity contribution in [2.45, 2.75) is 12.8 Å². The van der Waals surface area contributed by atoms with Crippen LogP contribution in [-0.2, 0) is 6.42 Å². The van der Waals surface area contributed by atoms with E-state index in [9.17, 15) is 0 Å². The van der Waals surface area contributed by atoms with E-state index in [1.54, 1.807) is 6.08 Å². The molecule has 0 spiro atoms. The van der Waals surface area contributed by atoms with E-state index < -0.39 is 0 Å². The first kappa shape index (κ1) is 12.1. The number of benzene rings is 2. The Labute approximate surface area is 108 Å². The summed E-state index contributed by atoms with van der Waals surface area (Å²) in [6, 6.07) is 21.0. The van der Waals surface area contributed by atoms with Crippen molar-refractivity contribution < 1.29 is 0 Å². The highest BCUT2D eigenvalue weighted by molar-refractivity contribution is 5.63. The third kappa shape index (κ3) is 3.33. The molecule has 0 aliphatic heterocycles. The number of hydrogen-bond acceptors (Lipinski definition) is 1. The lowest BCUT2D eigenvalue weighted by Crippen LogP contribution is -1.85. The van der Waals surface area contributed by atoms with Gasteiger partial charge in [0, 0.05) is 6.08 Å². The topological polar surface area (TPSA) is 23.8 Å². The third-order valence-electron chi connectivity index (χ3n) is 2.83. The quantitative estimate of drug-likeness (QED) is 0.719. The summed E-state index contributed by atoms with van der Waals surface area (Å²) >= 11 is 0. The van der Waals surface area contributed by atoms with Crippen LogP contribution in [0.25, 0.3) is 11.1 Å². The van der Waals surface area contributed by atoms with E-state index in [-0.39, 0.29) is 0 Å². The molecule has 1 nitrogen and oxygen atoms in total. The molecule has 0 N–H and O–H groups in total. The summed E-state index contributed by atoms with van der Waals surface area (Å²) in [4.78, 5) is 0. The second-order valence-corrected chi connectivity index (χ2v) is 4.14. The van der Waals surface area contributed by atoms with Crippen molar-refractivity contribution in [2.24, 2.45) is 0 Å². The normalized spacial score (nSPS) is 10.4. The number of hydrogen-bond donors (Lipinski definition) is 0. The minimum atomic E-state index is 0.909. The highest BCUT2D eigenvalue weighted by Gasteiger charge is 1.98. The van der Waals surface area contributed by atoms with E-state index in [4.69, 9.17) is 5.26 Å². The fourth-order valence-electron chi connectivity index (χ4n) is 1.92. The molecular weight excluding hydrogens is 218 g/mol. The SMILES string of the molecule is N#CC=CCCc1cccc(-c2ccccc2)c1. The molecule has 0 heterocycles. The van der Waals surface area contributed by atoms with Crippen LogP contribution in [0.4, 0.5) is 0 Å². The van der Waals surface area contributed by atoms with Crippen LogP contribution in [0.15, 0.2) is 66.7 Å². The molecule has 1 heteroatoms. The van der Waals surface area contributed by atoms with Crippen LogP contribution in [0, 0.1) is 11.3 Å². The Morgan fingerprint density at radius 2 is 1.72 bits per heavy atom. The minimum absolute atomic E-state index is 0.909. The van der Waals surface area contributed by atoms with Crippen molar-refractivity contribution in [2.75, 3.05) is 0 Å². The molecule has 0 bridgehead atoms. The molecule has 0 fully saturated rings. The summed E-state index contributed by atoms with van der Waals surface area (Å²) in [7, 11) is 0. The lowest BCUT2D eigenvalue weighted by atomic mass is 10.0. The standard InChI is InChI=1S/C17H15N/c18-13-6-2-3-8-15-9-7-12-17(14-15)16-10-4-1-5-11-16/h1-2,4-7,9-12,14H,3,8H2. The minimum Gasteiger partial charge on any atom is -0.193 e. The first-order valence-electron chi connectivity index (χ1n) is 6.09. The monoisotopic (exact) mass is 233 g/mol. The molecular formula is C17H15N. The van der Waals surface area contributed by atoms with Gasteiger partial charge in [0.25, 0.3) is 0 Å². The molecule has 0 atom stereocenters. The van der Waals surface area contributed by atoms with Crippen molar-refractivity contribution >= 4 is 0 Å². The van der Waals surface area contributed by atoms with Crippen LogP contribution in [-0.4, -0.2) is 0 Å². The third-order valence-corrected chi connectivity index (χ3v) is 2.83. The molecule has 0 radical (unpaired) electrons. The zero-order valence-corrected chi connectivity index (χ0v) is 10.2. The van der Waals surface area contributed by atoms with Gasteiger partial charge in [0.05, 0.1) is 6.07 Å². The molecule has 18 heavy (non-hydrogen) atoms. The van der Waals surface area contributed by atoms with Gasteiger partial charge in [-0.05, 0) is 29.5 Å². The van der Waals surface area contributed by atoms with E-state index in [0.717, 1.165) is 12.8 Å². The summed E-state index contributed by atoms with van der Waals surface area (Å²) in [5.74, 6) is 0. The molecule has 0 aromatic heterocycles. The lowest BCUT2D eigenvalue weighted by Gasteiger charge is -2.04. The van der Waals surface area contributed by atoms with Gasteiger partial charge < -0.3 is 0 Å². The number of nitrogens with zero attached hydrogens (tertiary/aromatic N) is 1. The number of allylic oxidation sites excluding steroid dienone is 2. The van der Waals surface area contributed by atoms with Gasteiger partial charge in [-0.15, -0.1) is 0 Å². The Kier molecular flexibility index (Phi) is 4.33. The van der Waals surface area contributed by atoms with Gasteiger partial charge in [-0.25, -0.2) is 0 Å². The Morgan fingerprint density at radius 3 is 2.50 bits per heavy atom. The summed E-state index contributed by atoms with van der Waals surface area (Å²) in [5.41, 5.74) is 3.79. The molecule has 2 aromatic rings. The first-order valence-corrected chi connectivity index (χ1v) is 6.09. The maximum absolute atomic E-state index is 8.42. The zero-order valence-electron chi connectivity index (χ0n) is 10.2. The van der Waals surface area contributed by atoms with Crippen molar-refractivity contribution in [3.8, 4) is 17.2 Å². The Balaban J connectivity index is 2.11. The van der Waals surface area contributed by atoms with E-state index in [1.807, 2.05) is 18.2 Å². The average molecular weight is 233 g/mol. The van der Waals surface area contributed by atoms with Gasteiger partial charge in [0.1, 0.15) is 0 Å². The van der Waals surface area contributed by atoms with Gasteiger partial charge >= 0.3 is 0 Å². The fraction of sp³-hybridized carbons (Fsp3) is 0.118. The molecule has 0 aliphatic carbocycles.